The van der Waals surface area contributed by atoms with E-state index in [9.17, 15) is 9.59 Å². The van der Waals surface area contributed by atoms with Gasteiger partial charge in [-0.1, -0.05) is 23.7 Å². The number of rotatable bonds is 5. The Morgan fingerprint density at radius 2 is 1.72 bits per heavy atom. The second-order valence-corrected chi connectivity index (χ2v) is 8.29. The third kappa shape index (κ3) is 4.02. The van der Waals surface area contributed by atoms with Crippen LogP contribution < -0.4 is 4.90 Å². The molecule has 5 nitrogen and oxygen atoms in total. The van der Waals surface area contributed by atoms with Crippen molar-refractivity contribution in [2.45, 2.75) is 31.8 Å². The van der Waals surface area contributed by atoms with Crippen molar-refractivity contribution in [3.05, 3.63) is 64.7 Å². The highest BCUT2D eigenvalue weighted by molar-refractivity contribution is 6.30. The quantitative estimate of drug-likeness (QED) is 0.698. The first-order chi connectivity index (χ1) is 14.0. The van der Waals surface area contributed by atoms with Crippen LogP contribution in [-0.2, 0) is 16.1 Å². The number of benzene rings is 2. The molecule has 0 aliphatic carbocycles. The summed E-state index contributed by atoms with van der Waals surface area (Å²) in [6, 6.07) is 15.1. The van der Waals surface area contributed by atoms with Crippen LogP contribution in [0.15, 0.2) is 48.5 Å². The fourth-order valence-corrected chi connectivity index (χ4v) is 4.25. The molecule has 0 N–H and O–H groups in total. The first kappa shape index (κ1) is 19.9. The van der Waals surface area contributed by atoms with Crippen LogP contribution >= 0.6 is 11.6 Å². The minimum atomic E-state index is -0.836. The van der Waals surface area contributed by atoms with E-state index in [2.05, 4.69) is 4.90 Å². The van der Waals surface area contributed by atoms with Gasteiger partial charge in [0.15, 0.2) is 5.78 Å². The molecule has 152 valence electrons. The van der Waals surface area contributed by atoms with Crippen LogP contribution in [0, 0.1) is 0 Å². The zero-order valence-electron chi connectivity index (χ0n) is 16.6. The average Bonchev–Trinajstić information content (AvgIpc) is 3.05. The maximum Gasteiger partial charge on any atom is 0.223 e. The van der Waals surface area contributed by atoms with Gasteiger partial charge in [0.2, 0.25) is 5.91 Å². The molecule has 29 heavy (non-hydrogen) atoms. The van der Waals surface area contributed by atoms with E-state index in [1.807, 2.05) is 43.3 Å². The summed E-state index contributed by atoms with van der Waals surface area (Å²) in [5, 5.41) is 0.653. The molecule has 0 spiro atoms. The molecule has 2 aliphatic heterocycles. The van der Waals surface area contributed by atoms with E-state index in [-0.39, 0.29) is 11.7 Å². The molecule has 4 rings (SSSR count). The normalized spacial score (nSPS) is 22.2. The number of ketones is 1. The minimum absolute atomic E-state index is 0.00848. The number of halogens is 1. The van der Waals surface area contributed by atoms with Gasteiger partial charge in [-0.2, -0.15) is 0 Å². The van der Waals surface area contributed by atoms with E-state index in [1.54, 1.807) is 17.0 Å². The highest BCUT2D eigenvalue weighted by Gasteiger charge is 2.47. The van der Waals surface area contributed by atoms with E-state index in [4.69, 9.17) is 16.3 Å². The van der Waals surface area contributed by atoms with Gasteiger partial charge < -0.3 is 14.5 Å². The maximum absolute atomic E-state index is 13.4. The van der Waals surface area contributed by atoms with Gasteiger partial charge >= 0.3 is 0 Å². The molecule has 2 aromatic carbocycles. The number of Topliss-reactive ketones (excluding diaryl/α,β-unsaturated/α-hetero) is 1. The Kier molecular flexibility index (Phi) is 5.61. The highest BCUT2D eigenvalue weighted by atomic mass is 35.5. The number of amides is 1. The molecule has 0 radical (unpaired) electrons. The monoisotopic (exact) mass is 412 g/mol. The van der Waals surface area contributed by atoms with E-state index in [0.29, 0.717) is 30.0 Å². The number of hydrogen-bond acceptors (Lipinski definition) is 4. The topological polar surface area (TPSA) is 49.9 Å². The second-order valence-electron chi connectivity index (χ2n) is 7.86. The van der Waals surface area contributed by atoms with Gasteiger partial charge in [-0.25, -0.2) is 0 Å². The number of anilines is 1. The lowest BCUT2D eigenvalue weighted by Crippen LogP contribution is -2.49. The average molecular weight is 413 g/mol. The van der Waals surface area contributed by atoms with E-state index in [0.717, 1.165) is 37.6 Å². The lowest BCUT2D eigenvalue weighted by Gasteiger charge is -2.34. The summed E-state index contributed by atoms with van der Waals surface area (Å²) in [7, 11) is 0. The first-order valence-corrected chi connectivity index (χ1v) is 10.4. The number of likely N-dealkylation sites (tertiary alicyclic amines) is 1. The zero-order chi connectivity index (χ0) is 20.4. The lowest BCUT2D eigenvalue weighted by atomic mass is 9.88. The number of morpholine rings is 1. The molecule has 6 heteroatoms. The number of ether oxygens (including phenoxy) is 1. The van der Waals surface area contributed by atoms with Crippen molar-refractivity contribution in [2.75, 3.05) is 31.2 Å². The van der Waals surface area contributed by atoms with Crippen molar-refractivity contribution in [3.8, 4) is 0 Å². The first-order valence-electron chi connectivity index (χ1n) is 10.00. The van der Waals surface area contributed by atoms with Crippen LogP contribution in [0.1, 0.15) is 35.7 Å². The summed E-state index contributed by atoms with van der Waals surface area (Å²) in [6.07, 6.45) is 0.922. The third-order valence-corrected chi connectivity index (χ3v) is 6.22. The summed E-state index contributed by atoms with van der Waals surface area (Å²) >= 11 is 5.97. The number of carbonyl (C=O) groups is 2. The van der Waals surface area contributed by atoms with E-state index >= 15 is 0 Å². The summed E-state index contributed by atoms with van der Waals surface area (Å²) in [5.74, 6) is 0.00609. The summed E-state index contributed by atoms with van der Waals surface area (Å²) in [5.41, 5.74) is 1.86. The number of carbonyl (C=O) groups excluding carboxylic acids is 2. The highest BCUT2D eigenvalue weighted by Crippen LogP contribution is 2.35. The van der Waals surface area contributed by atoms with Gasteiger partial charge in [-0.15, -0.1) is 0 Å². The minimum Gasteiger partial charge on any atom is -0.378 e. The van der Waals surface area contributed by atoms with Crippen molar-refractivity contribution < 1.29 is 14.3 Å². The summed E-state index contributed by atoms with van der Waals surface area (Å²) < 4.78 is 5.40. The molecule has 2 heterocycles. The van der Waals surface area contributed by atoms with Crippen LogP contribution in [0.5, 0.6) is 0 Å². The molecule has 1 unspecified atom stereocenters. The van der Waals surface area contributed by atoms with Crippen LogP contribution in [-0.4, -0.2) is 48.4 Å². The SMILES string of the molecule is CC1(C(=O)c2ccc(N3CCOCC3)cc2)CCC(=O)N1Cc1ccc(Cl)cc1. The zero-order valence-corrected chi connectivity index (χ0v) is 17.3. The predicted octanol–water partition coefficient (Wildman–Crippen LogP) is 3.94. The Labute approximate surface area is 176 Å². The number of nitrogens with zero attached hydrogens (tertiary/aromatic N) is 2. The van der Waals surface area contributed by atoms with E-state index < -0.39 is 5.54 Å². The molecule has 2 aromatic rings. The molecule has 2 aliphatic rings. The van der Waals surface area contributed by atoms with Crippen LogP contribution in [0.2, 0.25) is 5.02 Å². The summed E-state index contributed by atoms with van der Waals surface area (Å²) in [6.45, 7) is 5.44. The predicted molar refractivity (Wildman–Crippen MR) is 113 cm³/mol. The Morgan fingerprint density at radius 3 is 2.38 bits per heavy atom. The Balaban J connectivity index is 1.53. The Hall–Kier alpha value is -2.37. The molecule has 0 saturated carbocycles. The number of hydrogen-bond donors (Lipinski definition) is 0. The molecule has 1 amide bonds. The lowest BCUT2D eigenvalue weighted by molar-refractivity contribution is -0.130. The molecule has 1 atom stereocenters. The van der Waals surface area contributed by atoms with Crippen molar-refractivity contribution in [1.29, 1.82) is 0 Å². The molecule has 2 fully saturated rings. The fourth-order valence-electron chi connectivity index (χ4n) is 4.12. The Bertz CT molecular complexity index is 891. The molecule has 0 bridgehead atoms. The van der Waals surface area contributed by atoms with Crippen molar-refractivity contribution in [2.24, 2.45) is 0 Å². The largest absolute Gasteiger partial charge is 0.378 e. The summed E-state index contributed by atoms with van der Waals surface area (Å²) in [4.78, 5) is 30.0. The smallest absolute Gasteiger partial charge is 0.223 e. The van der Waals surface area contributed by atoms with Crippen molar-refractivity contribution in [1.82, 2.24) is 4.90 Å². The van der Waals surface area contributed by atoms with Gasteiger partial charge in [-0.3, -0.25) is 9.59 Å². The third-order valence-electron chi connectivity index (χ3n) is 5.97. The van der Waals surface area contributed by atoms with Crippen molar-refractivity contribution >= 4 is 29.0 Å². The van der Waals surface area contributed by atoms with Crippen LogP contribution in [0.3, 0.4) is 0 Å². The molecular formula is C23H25ClN2O3. The van der Waals surface area contributed by atoms with Crippen molar-refractivity contribution in [3.63, 3.8) is 0 Å². The molecule has 0 aromatic heterocycles. The van der Waals surface area contributed by atoms with Gasteiger partial charge in [0.25, 0.3) is 0 Å². The second kappa shape index (κ2) is 8.17. The standard InChI is InChI=1S/C23H25ClN2O3/c1-23(11-10-21(27)26(23)16-17-2-6-19(24)7-3-17)22(28)18-4-8-20(9-5-18)25-12-14-29-15-13-25/h2-9H,10-16H2,1H3. The van der Waals surface area contributed by atoms with E-state index in [1.165, 1.54) is 0 Å². The fraction of sp³-hybridized carbons (Fsp3) is 0.391. The van der Waals surface area contributed by atoms with Gasteiger partial charge in [0, 0.05) is 42.3 Å². The van der Waals surface area contributed by atoms with Gasteiger partial charge in [0.05, 0.1) is 13.2 Å². The van der Waals surface area contributed by atoms with Crippen LogP contribution in [0.25, 0.3) is 0 Å². The molecular weight excluding hydrogens is 388 g/mol. The van der Waals surface area contributed by atoms with Gasteiger partial charge in [-0.05, 0) is 55.3 Å². The van der Waals surface area contributed by atoms with Gasteiger partial charge in [0.1, 0.15) is 5.54 Å². The Morgan fingerprint density at radius 1 is 1.07 bits per heavy atom. The van der Waals surface area contributed by atoms with Crippen LogP contribution in [0.4, 0.5) is 5.69 Å². The molecule has 2 saturated heterocycles. The maximum atomic E-state index is 13.4.